The minimum atomic E-state index is -0.189. The first kappa shape index (κ1) is 13.4. The molecule has 0 amide bonds. The van der Waals surface area contributed by atoms with Crippen molar-refractivity contribution in [1.29, 1.82) is 0 Å². The van der Waals surface area contributed by atoms with E-state index in [-0.39, 0.29) is 12.0 Å². The van der Waals surface area contributed by atoms with Crippen LogP contribution in [0, 0.1) is 0 Å². The van der Waals surface area contributed by atoms with Crippen LogP contribution >= 0.6 is 0 Å². The highest BCUT2D eigenvalue weighted by Crippen LogP contribution is 2.05. The maximum Gasteiger partial charge on any atom is 0.323 e. The fourth-order valence-electron chi connectivity index (χ4n) is 1.58. The third kappa shape index (κ3) is 4.47. The molecule has 0 bridgehead atoms. The van der Waals surface area contributed by atoms with E-state index in [1.807, 2.05) is 13.8 Å². The number of carbonyl (C=O) groups is 1. The van der Waals surface area contributed by atoms with Crippen molar-refractivity contribution >= 4 is 5.97 Å². The fraction of sp³-hybridized carbons (Fsp3) is 0.909. The molecule has 0 N–H and O–H groups in total. The summed E-state index contributed by atoms with van der Waals surface area (Å²) in [6.45, 7) is 8.21. The summed E-state index contributed by atoms with van der Waals surface area (Å²) in [5, 5.41) is 0. The molecule has 1 aliphatic heterocycles. The number of ether oxygens (including phenoxy) is 3. The topological polar surface area (TPSA) is 48.0 Å². The summed E-state index contributed by atoms with van der Waals surface area (Å²) in [6, 6.07) is -0.189. The Bertz CT molecular complexity index is 204. The molecular formula is C11H21NO4. The Morgan fingerprint density at radius 1 is 1.38 bits per heavy atom. The standard InChI is InChI=1S/C11H21NO4/c1-3-14-8-9-16-11(13)10(2)12-4-6-15-7-5-12/h10H,3-9H2,1-2H3. The van der Waals surface area contributed by atoms with Crippen molar-refractivity contribution in [3.63, 3.8) is 0 Å². The van der Waals surface area contributed by atoms with Crippen molar-refractivity contribution in [1.82, 2.24) is 4.90 Å². The van der Waals surface area contributed by atoms with Crippen molar-refractivity contribution < 1.29 is 19.0 Å². The quantitative estimate of drug-likeness (QED) is 0.485. The van der Waals surface area contributed by atoms with Gasteiger partial charge in [0.1, 0.15) is 12.6 Å². The van der Waals surface area contributed by atoms with Crippen molar-refractivity contribution in [3.8, 4) is 0 Å². The van der Waals surface area contributed by atoms with Gasteiger partial charge in [-0.25, -0.2) is 0 Å². The molecule has 1 heterocycles. The van der Waals surface area contributed by atoms with Gasteiger partial charge in [-0.1, -0.05) is 0 Å². The second-order valence-corrected chi connectivity index (χ2v) is 3.69. The number of hydrogen-bond acceptors (Lipinski definition) is 5. The smallest absolute Gasteiger partial charge is 0.323 e. The Kier molecular flexibility index (Phi) is 6.37. The Morgan fingerprint density at radius 2 is 2.06 bits per heavy atom. The van der Waals surface area contributed by atoms with Crippen molar-refractivity contribution in [2.75, 3.05) is 46.1 Å². The van der Waals surface area contributed by atoms with E-state index in [0.29, 0.717) is 33.0 Å². The molecule has 5 heteroatoms. The van der Waals surface area contributed by atoms with Crippen molar-refractivity contribution in [3.05, 3.63) is 0 Å². The molecule has 1 rings (SSSR count). The summed E-state index contributed by atoms with van der Waals surface area (Å²) < 4.78 is 15.4. The predicted octanol–water partition coefficient (Wildman–Crippen LogP) is 0.287. The maximum absolute atomic E-state index is 11.6. The lowest BCUT2D eigenvalue weighted by atomic mass is 10.2. The van der Waals surface area contributed by atoms with E-state index in [1.54, 1.807) is 0 Å². The highest BCUT2D eigenvalue weighted by Gasteiger charge is 2.24. The number of esters is 1. The van der Waals surface area contributed by atoms with Crippen LogP contribution in [0.25, 0.3) is 0 Å². The highest BCUT2D eigenvalue weighted by molar-refractivity contribution is 5.75. The lowest BCUT2D eigenvalue weighted by Gasteiger charge is -2.30. The zero-order valence-electron chi connectivity index (χ0n) is 10.1. The second-order valence-electron chi connectivity index (χ2n) is 3.69. The summed E-state index contributed by atoms with van der Waals surface area (Å²) in [6.07, 6.45) is 0. The van der Waals surface area contributed by atoms with Gasteiger partial charge in [0, 0.05) is 19.7 Å². The van der Waals surface area contributed by atoms with Crippen molar-refractivity contribution in [2.45, 2.75) is 19.9 Å². The van der Waals surface area contributed by atoms with Crippen LogP contribution < -0.4 is 0 Å². The minimum absolute atomic E-state index is 0.179. The first-order chi connectivity index (χ1) is 7.75. The van der Waals surface area contributed by atoms with E-state index in [2.05, 4.69) is 4.90 Å². The van der Waals surface area contributed by atoms with Crippen LogP contribution in [0.4, 0.5) is 0 Å². The Balaban J connectivity index is 2.18. The average Bonchev–Trinajstić information content (AvgIpc) is 2.34. The van der Waals surface area contributed by atoms with E-state index in [4.69, 9.17) is 14.2 Å². The average molecular weight is 231 g/mol. The Hall–Kier alpha value is -0.650. The molecule has 16 heavy (non-hydrogen) atoms. The van der Waals surface area contributed by atoms with Crippen molar-refractivity contribution in [2.24, 2.45) is 0 Å². The molecule has 0 aliphatic carbocycles. The third-order valence-electron chi connectivity index (χ3n) is 2.61. The monoisotopic (exact) mass is 231 g/mol. The number of carbonyl (C=O) groups excluding carboxylic acids is 1. The molecule has 0 spiro atoms. The number of rotatable bonds is 6. The van der Waals surface area contributed by atoms with Gasteiger partial charge in [0.15, 0.2) is 0 Å². The molecule has 1 atom stereocenters. The van der Waals surface area contributed by atoms with Crippen LogP contribution in [0.3, 0.4) is 0 Å². The van der Waals surface area contributed by atoms with Gasteiger partial charge in [-0.2, -0.15) is 0 Å². The fourth-order valence-corrected chi connectivity index (χ4v) is 1.58. The van der Waals surface area contributed by atoms with E-state index in [9.17, 15) is 4.79 Å². The van der Waals surface area contributed by atoms with Gasteiger partial charge in [0.25, 0.3) is 0 Å². The third-order valence-corrected chi connectivity index (χ3v) is 2.61. The molecule has 1 fully saturated rings. The minimum Gasteiger partial charge on any atom is -0.462 e. The largest absolute Gasteiger partial charge is 0.462 e. The molecule has 1 aliphatic rings. The van der Waals surface area contributed by atoms with E-state index in [0.717, 1.165) is 13.1 Å². The van der Waals surface area contributed by atoms with E-state index in [1.165, 1.54) is 0 Å². The molecular weight excluding hydrogens is 210 g/mol. The van der Waals surface area contributed by atoms with Gasteiger partial charge >= 0.3 is 5.97 Å². The van der Waals surface area contributed by atoms with Crippen LogP contribution in [-0.2, 0) is 19.0 Å². The van der Waals surface area contributed by atoms with Gasteiger partial charge in [-0.15, -0.1) is 0 Å². The lowest BCUT2D eigenvalue weighted by Crippen LogP contribution is -2.46. The van der Waals surface area contributed by atoms with Crippen LogP contribution in [0.1, 0.15) is 13.8 Å². The summed E-state index contributed by atoms with van der Waals surface area (Å²) >= 11 is 0. The van der Waals surface area contributed by atoms with Gasteiger partial charge in [0.2, 0.25) is 0 Å². The first-order valence-electron chi connectivity index (χ1n) is 5.82. The molecule has 0 aromatic heterocycles. The number of morpholine rings is 1. The molecule has 1 unspecified atom stereocenters. The normalized spacial score (nSPS) is 19.4. The summed E-state index contributed by atoms with van der Waals surface area (Å²) in [7, 11) is 0. The summed E-state index contributed by atoms with van der Waals surface area (Å²) in [5.41, 5.74) is 0. The zero-order valence-corrected chi connectivity index (χ0v) is 10.1. The Morgan fingerprint density at radius 3 is 2.69 bits per heavy atom. The van der Waals surface area contributed by atoms with Gasteiger partial charge in [0.05, 0.1) is 19.8 Å². The lowest BCUT2D eigenvalue weighted by molar-refractivity contribution is -0.152. The number of nitrogens with zero attached hydrogens (tertiary/aromatic N) is 1. The SMILES string of the molecule is CCOCCOC(=O)C(C)N1CCOCC1. The molecule has 94 valence electrons. The maximum atomic E-state index is 11.6. The van der Waals surface area contributed by atoms with Gasteiger partial charge in [-0.05, 0) is 13.8 Å². The molecule has 0 saturated carbocycles. The van der Waals surface area contributed by atoms with Crippen LogP contribution in [0.15, 0.2) is 0 Å². The molecule has 1 saturated heterocycles. The zero-order chi connectivity index (χ0) is 11.8. The summed E-state index contributed by atoms with van der Waals surface area (Å²) in [5.74, 6) is -0.179. The number of hydrogen-bond donors (Lipinski definition) is 0. The van der Waals surface area contributed by atoms with Gasteiger partial charge < -0.3 is 14.2 Å². The van der Waals surface area contributed by atoms with Crippen LogP contribution in [-0.4, -0.2) is 63.0 Å². The Labute approximate surface area is 96.6 Å². The molecule has 0 aromatic carbocycles. The molecule has 5 nitrogen and oxygen atoms in total. The van der Waals surface area contributed by atoms with Gasteiger partial charge in [-0.3, -0.25) is 9.69 Å². The second kappa shape index (κ2) is 7.60. The van der Waals surface area contributed by atoms with E-state index >= 15 is 0 Å². The molecule has 0 radical (unpaired) electrons. The first-order valence-corrected chi connectivity index (χ1v) is 5.82. The van der Waals surface area contributed by atoms with Crippen LogP contribution in [0.2, 0.25) is 0 Å². The molecule has 0 aromatic rings. The van der Waals surface area contributed by atoms with Crippen LogP contribution in [0.5, 0.6) is 0 Å². The highest BCUT2D eigenvalue weighted by atomic mass is 16.6. The predicted molar refractivity (Wildman–Crippen MR) is 59.3 cm³/mol. The summed E-state index contributed by atoms with van der Waals surface area (Å²) in [4.78, 5) is 13.7. The van der Waals surface area contributed by atoms with E-state index < -0.39 is 0 Å².